The fourth-order valence-corrected chi connectivity index (χ4v) is 4.48. The summed E-state index contributed by atoms with van der Waals surface area (Å²) in [6.07, 6.45) is 8.04. The first kappa shape index (κ1) is 19.6. The van der Waals surface area contributed by atoms with Crippen molar-refractivity contribution < 1.29 is 4.39 Å². The summed E-state index contributed by atoms with van der Waals surface area (Å²) >= 11 is 0. The van der Waals surface area contributed by atoms with Gasteiger partial charge in [-0.3, -0.25) is 0 Å². The summed E-state index contributed by atoms with van der Waals surface area (Å²) in [5.74, 6) is 1.16. The minimum absolute atomic E-state index is 0.168. The van der Waals surface area contributed by atoms with Crippen molar-refractivity contribution in [3.63, 3.8) is 0 Å². The molecule has 3 aromatic rings. The topological polar surface area (TPSA) is 0 Å². The molecule has 0 heterocycles. The molecule has 0 radical (unpaired) electrons. The summed E-state index contributed by atoms with van der Waals surface area (Å²) in [6.45, 7) is 6.06. The highest BCUT2D eigenvalue weighted by molar-refractivity contribution is 5.71. The van der Waals surface area contributed by atoms with E-state index in [4.69, 9.17) is 0 Å². The van der Waals surface area contributed by atoms with Gasteiger partial charge in [0.1, 0.15) is 5.82 Å². The van der Waals surface area contributed by atoms with Crippen molar-refractivity contribution in [3.05, 3.63) is 96.3 Å². The molecule has 0 atom stereocenters. The quantitative estimate of drug-likeness (QED) is 0.389. The molecular formula is C28H29F. The molecule has 0 aliphatic heterocycles. The lowest BCUT2D eigenvalue weighted by molar-refractivity contribution is 0.376. The van der Waals surface area contributed by atoms with Gasteiger partial charge in [-0.15, -0.1) is 6.58 Å². The standard InChI is InChI=1S/C28H29F/c1-3-20-5-9-22(10-6-20)23-13-15-24(16-14-23)26-17-18-27(28(29)19-26)25-11-7-21(4-2)8-12-25/h3,7-8,11-20,22H,1,4-6,9-10H2,2H3. The van der Waals surface area contributed by atoms with Gasteiger partial charge in [-0.05, 0) is 77.8 Å². The predicted octanol–water partition coefficient (Wildman–Crippen LogP) is 8.18. The van der Waals surface area contributed by atoms with Crippen molar-refractivity contribution in [3.8, 4) is 22.3 Å². The van der Waals surface area contributed by atoms with Gasteiger partial charge in [-0.25, -0.2) is 4.39 Å². The minimum atomic E-state index is -0.168. The Kier molecular flexibility index (Phi) is 5.94. The van der Waals surface area contributed by atoms with Gasteiger partial charge < -0.3 is 0 Å². The average molecular weight is 385 g/mol. The predicted molar refractivity (Wildman–Crippen MR) is 122 cm³/mol. The van der Waals surface area contributed by atoms with E-state index in [1.165, 1.54) is 36.8 Å². The number of halogens is 1. The van der Waals surface area contributed by atoms with Crippen LogP contribution in [-0.4, -0.2) is 0 Å². The SMILES string of the molecule is C=CC1CCC(c2ccc(-c3ccc(-c4ccc(CC)cc4)c(F)c3)cc2)CC1. The Bertz CT molecular complexity index is 958. The third-order valence-corrected chi connectivity index (χ3v) is 6.46. The highest BCUT2D eigenvalue weighted by atomic mass is 19.1. The second-order valence-corrected chi connectivity index (χ2v) is 8.21. The van der Waals surface area contributed by atoms with Crippen LogP contribution in [0.4, 0.5) is 4.39 Å². The Hall–Kier alpha value is -2.67. The Morgan fingerprint density at radius 3 is 2.03 bits per heavy atom. The Balaban J connectivity index is 1.51. The van der Waals surface area contributed by atoms with Crippen LogP contribution < -0.4 is 0 Å². The van der Waals surface area contributed by atoms with Gasteiger partial charge in [0, 0.05) is 5.56 Å². The number of hydrogen-bond donors (Lipinski definition) is 0. The van der Waals surface area contributed by atoms with Gasteiger partial charge in [-0.1, -0.05) is 73.7 Å². The maximum atomic E-state index is 14.8. The van der Waals surface area contributed by atoms with Crippen molar-refractivity contribution in [1.29, 1.82) is 0 Å². The van der Waals surface area contributed by atoms with Crippen molar-refractivity contribution >= 4 is 0 Å². The molecule has 0 bridgehead atoms. The lowest BCUT2D eigenvalue weighted by Gasteiger charge is -2.27. The molecule has 1 heteroatoms. The van der Waals surface area contributed by atoms with E-state index in [1.807, 2.05) is 24.3 Å². The molecule has 3 aromatic carbocycles. The van der Waals surface area contributed by atoms with Crippen molar-refractivity contribution in [2.75, 3.05) is 0 Å². The first-order valence-corrected chi connectivity index (χ1v) is 10.8. The third-order valence-electron chi connectivity index (χ3n) is 6.46. The largest absolute Gasteiger partial charge is 0.206 e. The fraction of sp³-hybridized carbons (Fsp3) is 0.286. The minimum Gasteiger partial charge on any atom is -0.206 e. The first-order chi connectivity index (χ1) is 14.2. The Labute approximate surface area is 174 Å². The van der Waals surface area contributed by atoms with Gasteiger partial charge in [-0.2, -0.15) is 0 Å². The van der Waals surface area contributed by atoms with Crippen LogP contribution in [0.5, 0.6) is 0 Å². The summed E-state index contributed by atoms with van der Waals surface area (Å²) < 4.78 is 14.8. The van der Waals surface area contributed by atoms with E-state index in [9.17, 15) is 4.39 Å². The first-order valence-electron chi connectivity index (χ1n) is 10.8. The molecule has 0 nitrogen and oxygen atoms in total. The molecule has 4 rings (SSSR count). The smallest absolute Gasteiger partial charge is 0.131 e. The van der Waals surface area contributed by atoms with E-state index in [0.717, 1.165) is 23.1 Å². The van der Waals surface area contributed by atoms with Gasteiger partial charge in [0.25, 0.3) is 0 Å². The molecule has 1 fully saturated rings. The van der Waals surface area contributed by atoms with Crippen LogP contribution in [0.1, 0.15) is 49.7 Å². The molecule has 0 spiro atoms. The summed E-state index contributed by atoms with van der Waals surface area (Å²) in [5.41, 5.74) is 6.26. The van der Waals surface area contributed by atoms with Gasteiger partial charge in [0.2, 0.25) is 0 Å². The van der Waals surface area contributed by atoms with Crippen LogP contribution >= 0.6 is 0 Å². The van der Waals surface area contributed by atoms with Crippen LogP contribution in [0.3, 0.4) is 0 Å². The molecule has 0 saturated heterocycles. The van der Waals surface area contributed by atoms with Crippen molar-refractivity contribution in [2.24, 2.45) is 5.92 Å². The molecule has 29 heavy (non-hydrogen) atoms. The van der Waals surface area contributed by atoms with Crippen LogP contribution in [0.2, 0.25) is 0 Å². The Morgan fingerprint density at radius 1 is 0.828 bits per heavy atom. The van der Waals surface area contributed by atoms with Crippen molar-refractivity contribution in [1.82, 2.24) is 0 Å². The Morgan fingerprint density at radius 2 is 1.45 bits per heavy atom. The maximum absolute atomic E-state index is 14.8. The van der Waals surface area contributed by atoms with Crippen molar-refractivity contribution in [2.45, 2.75) is 44.9 Å². The second-order valence-electron chi connectivity index (χ2n) is 8.21. The molecule has 0 N–H and O–H groups in total. The third kappa shape index (κ3) is 4.34. The molecule has 0 unspecified atom stereocenters. The van der Waals surface area contributed by atoms with E-state index in [0.29, 0.717) is 17.4 Å². The van der Waals surface area contributed by atoms with Crippen LogP contribution in [0, 0.1) is 11.7 Å². The zero-order valence-corrected chi connectivity index (χ0v) is 17.2. The van der Waals surface area contributed by atoms with E-state index >= 15 is 0 Å². The normalized spacial score (nSPS) is 19.1. The maximum Gasteiger partial charge on any atom is 0.131 e. The van der Waals surface area contributed by atoms with E-state index in [1.54, 1.807) is 6.07 Å². The molecule has 1 aliphatic rings. The van der Waals surface area contributed by atoms with Gasteiger partial charge >= 0.3 is 0 Å². The van der Waals surface area contributed by atoms with Crippen LogP contribution in [-0.2, 0) is 6.42 Å². The average Bonchev–Trinajstić information content (AvgIpc) is 2.79. The number of hydrogen-bond acceptors (Lipinski definition) is 0. The summed E-state index contributed by atoms with van der Waals surface area (Å²) in [6, 6.07) is 22.5. The second kappa shape index (κ2) is 8.78. The lowest BCUT2D eigenvalue weighted by Crippen LogP contribution is -2.11. The van der Waals surface area contributed by atoms with E-state index < -0.39 is 0 Å². The van der Waals surface area contributed by atoms with Crippen LogP contribution in [0.15, 0.2) is 79.4 Å². The number of allylic oxidation sites excluding steroid dienone is 1. The number of benzene rings is 3. The lowest BCUT2D eigenvalue weighted by atomic mass is 9.78. The summed E-state index contributed by atoms with van der Waals surface area (Å²) in [5, 5.41) is 0. The zero-order chi connectivity index (χ0) is 20.2. The van der Waals surface area contributed by atoms with Crippen LogP contribution in [0.25, 0.3) is 22.3 Å². The van der Waals surface area contributed by atoms with E-state index in [-0.39, 0.29) is 5.82 Å². The molecule has 1 aliphatic carbocycles. The van der Waals surface area contributed by atoms with Gasteiger partial charge in [0.15, 0.2) is 0 Å². The monoisotopic (exact) mass is 384 g/mol. The summed E-state index contributed by atoms with van der Waals surface area (Å²) in [7, 11) is 0. The molecular weight excluding hydrogens is 355 g/mol. The molecule has 148 valence electrons. The number of rotatable bonds is 5. The van der Waals surface area contributed by atoms with Gasteiger partial charge in [0.05, 0.1) is 0 Å². The fourth-order valence-electron chi connectivity index (χ4n) is 4.48. The molecule has 0 amide bonds. The number of aryl methyl sites for hydroxylation is 1. The highest BCUT2D eigenvalue weighted by Crippen LogP contribution is 2.37. The van der Waals surface area contributed by atoms with E-state index in [2.05, 4.69) is 56.0 Å². The molecule has 1 saturated carbocycles. The molecule has 0 aromatic heterocycles. The zero-order valence-electron chi connectivity index (χ0n) is 17.2. The highest BCUT2D eigenvalue weighted by Gasteiger charge is 2.20. The summed E-state index contributed by atoms with van der Waals surface area (Å²) in [4.78, 5) is 0.